The molecule has 172 valence electrons. The molecule has 0 unspecified atom stereocenters. The second-order valence-corrected chi connectivity index (χ2v) is 5.66. The smallest absolute Gasteiger partial charge is 0.292 e. The van der Waals surface area contributed by atoms with Gasteiger partial charge in [-0.05, 0) is 0 Å². The zero-order chi connectivity index (χ0) is 22.6. The number of hydrogen-bond acceptors (Lipinski definition) is 12. The first-order valence-corrected chi connectivity index (χ1v) is 8.60. The van der Waals surface area contributed by atoms with Crippen LogP contribution in [0.2, 0.25) is 0 Å². The van der Waals surface area contributed by atoms with Gasteiger partial charge in [-0.1, -0.05) is 0 Å². The van der Waals surface area contributed by atoms with Crippen LogP contribution in [0.4, 0.5) is 0 Å². The highest BCUT2D eigenvalue weighted by Gasteiger charge is 2.71. The van der Waals surface area contributed by atoms with Crippen molar-refractivity contribution < 1.29 is 47.8 Å². The van der Waals surface area contributed by atoms with Crippen LogP contribution in [-0.2, 0) is 47.8 Å². The van der Waals surface area contributed by atoms with E-state index >= 15 is 0 Å². The Morgan fingerprint density at radius 2 is 0.967 bits per heavy atom. The summed E-state index contributed by atoms with van der Waals surface area (Å²) in [5.41, 5.74) is 18.3. The first-order chi connectivity index (χ1) is 14.2. The lowest BCUT2D eigenvalue weighted by atomic mass is 9.79. The number of hydrogen-bond donors (Lipinski definition) is 6. The number of carbonyl (C=O) groups is 4. The van der Waals surface area contributed by atoms with Gasteiger partial charge in [-0.3, -0.25) is 28.9 Å². The van der Waals surface area contributed by atoms with E-state index in [1.54, 1.807) is 0 Å². The van der Waals surface area contributed by atoms with Crippen LogP contribution in [0.25, 0.3) is 0 Å². The molecule has 0 saturated carbocycles. The van der Waals surface area contributed by atoms with E-state index in [1.807, 2.05) is 11.2 Å². The lowest BCUT2D eigenvalue weighted by Gasteiger charge is -2.40. The van der Waals surface area contributed by atoms with Crippen LogP contribution >= 0.6 is 0 Å². The lowest BCUT2D eigenvalue weighted by Crippen LogP contribution is -2.80. The molecule has 0 aliphatic carbocycles. The quantitative estimate of drug-likeness (QED) is 0.225. The molecule has 4 amide bonds. The maximum atomic E-state index is 12.2. The van der Waals surface area contributed by atoms with Crippen LogP contribution in [-0.4, -0.2) is 87.7 Å². The summed E-state index contributed by atoms with van der Waals surface area (Å²) in [5.74, 6) is -6.73. The Morgan fingerprint density at radius 1 is 0.567 bits per heavy atom. The fourth-order valence-corrected chi connectivity index (χ4v) is 2.43. The molecular formula is C14H26N6O10. The molecule has 0 atom stereocenters. The average Bonchev–Trinajstić information content (AvgIpc) is 2.66. The Balaban J connectivity index is 3.22. The average molecular weight is 438 g/mol. The Kier molecular flexibility index (Phi) is 10.5. The molecule has 1 aliphatic heterocycles. The SMILES string of the molecule is NC(=O)C1(C(N)=O)OCCOCCOCCOCCONNOC1(C(N)=O)C(N)=O. The maximum absolute atomic E-state index is 12.2. The van der Waals surface area contributed by atoms with E-state index in [2.05, 4.69) is 0 Å². The van der Waals surface area contributed by atoms with Crippen molar-refractivity contribution >= 4 is 23.6 Å². The first kappa shape index (κ1) is 25.6. The number of primary amides is 4. The lowest BCUT2D eigenvalue weighted by molar-refractivity contribution is -0.240. The summed E-state index contributed by atoms with van der Waals surface area (Å²) >= 11 is 0. The van der Waals surface area contributed by atoms with Gasteiger partial charge >= 0.3 is 0 Å². The van der Waals surface area contributed by atoms with Crippen molar-refractivity contribution in [3.8, 4) is 0 Å². The van der Waals surface area contributed by atoms with Crippen LogP contribution in [0.5, 0.6) is 0 Å². The molecule has 1 rings (SSSR count). The van der Waals surface area contributed by atoms with Gasteiger partial charge in [-0.2, -0.15) is 0 Å². The molecule has 0 spiro atoms. The molecule has 1 aliphatic rings. The molecule has 0 radical (unpaired) electrons. The normalized spacial score (nSPS) is 22.1. The summed E-state index contributed by atoms with van der Waals surface area (Å²) in [7, 11) is 0. The molecule has 30 heavy (non-hydrogen) atoms. The van der Waals surface area contributed by atoms with Crippen molar-refractivity contribution in [2.45, 2.75) is 11.2 Å². The molecular weight excluding hydrogens is 412 g/mol. The van der Waals surface area contributed by atoms with E-state index in [9.17, 15) is 19.2 Å². The van der Waals surface area contributed by atoms with E-state index in [-0.39, 0.29) is 33.0 Å². The monoisotopic (exact) mass is 438 g/mol. The molecule has 1 fully saturated rings. The summed E-state index contributed by atoms with van der Waals surface area (Å²) in [6.45, 7) is 0.259. The fourth-order valence-electron chi connectivity index (χ4n) is 2.43. The van der Waals surface area contributed by atoms with Crippen molar-refractivity contribution in [3.63, 3.8) is 0 Å². The number of carbonyl (C=O) groups excluding carboxylic acids is 4. The van der Waals surface area contributed by atoms with Gasteiger partial charge in [0.25, 0.3) is 34.8 Å². The highest BCUT2D eigenvalue weighted by Crippen LogP contribution is 2.30. The molecule has 1 heterocycles. The van der Waals surface area contributed by atoms with E-state index in [1.165, 1.54) is 0 Å². The van der Waals surface area contributed by atoms with E-state index in [0.29, 0.717) is 13.2 Å². The second-order valence-electron chi connectivity index (χ2n) is 5.66. The summed E-state index contributed by atoms with van der Waals surface area (Å²) in [6, 6.07) is 0. The van der Waals surface area contributed by atoms with Gasteiger partial charge in [-0.15, -0.1) is 11.2 Å². The Labute approximate surface area is 170 Å². The number of ether oxygens (including phenoxy) is 4. The Hall–Kier alpha value is -2.44. The Morgan fingerprint density at radius 3 is 1.40 bits per heavy atom. The topological polar surface area (TPSA) is 252 Å². The minimum Gasteiger partial charge on any atom is -0.377 e. The van der Waals surface area contributed by atoms with Gasteiger partial charge in [0.05, 0.1) is 52.9 Å². The molecule has 1 saturated heterocycles. The molecule has 0 aromatic carbocycles. The highest BCUT2D eigenvalue weighted by molar-refractivity contribution is 6.22. The molecule has 10 N–H and O–H groups in total. The zero-order valence-corrected chi connectivity index (χ0v) is 16.0. The molecule has 0 bridgehead atoms. The van der Waals surface area contributed by atoms with Crippen molar-refractivity contribution in [3.05, 3.63) is 0 Å². The molecule has 0 aromatic heterocycles. The van der Waals surface area contributed by atoms with Gasteiger partial charge < -0.3 is 41.9 Å². The van der Waals surface area contributed by atoms with Crippen molar-refractivity contribution in [1.29, 1.82) is 0 Å². The van der Waals surface area contributed by atoms with Crippen LogP contribution in [0.15, 0.2) is 0 Å². The summed E-state index contributed by atoms with van der Waals surface area (Å²) in [6.07, 6.45) is 0. The van der Waals surface area contributed by atoms with Crippen molar-refractivity contribution in [2.75, 3.05) is 52.9 Å². The van der Waals surface area contributed by atoms with Gasteiger partial charge in [0.2, 0.25) is 0 Å². The number of amides is 4. The zero-order valence-electron chi connectivity index (χ0n) is 16.0. The van der Waals surface area contributed by atoms with Crippen LogP contribution in [0.1, 0.15) is 0 Å². The summed E-state index contributed by atoms with van der Waals surface area (Å²) in [5, 5.41) is 0. The third kappa shape index (κ3) is 5.80. The standard InChI is InChI=1S/C14H26N6O10/c15-9(21)13(10(16)22)14(11(17)23,12(18)24)30-20-19-29-8-6-27-4-2-25-1-3-26-5-7-28-13/h19-20H,1-8H2,(H2,15,21)(H2,16,22)(H2,17,23)(H2,18,24). The molecule has 0 aromatic rings. The summed E-state index contributed by atoms with van der Waals surface area (Å²) < 4.78 is 20.8. The van der Waals surface area contributed by atoms with Crippen LogP contribution < -0.4 is 34.1 Å². The highest BCUT2D eigenvalue weighted by atomic mass is 16.8. The van der Waals surface area contributed by atoms with E-state index in [4.69, 9.17) is 51.6 Å². The largest absolute Gasteiger partial charge is 0.377 e. The number of hydrazine groups is 1. The van der Waals surface area contributed by atoms with E-state index < -0.39 is 41.4 Å². The third-order valence-electron chi connectivity index (χ3n) is 3.82. The van der Waals surface area contributed by atoms with Gasteiger partial charge in [0.15, 0.2) is 0 Å². The third-order valence-corrected chi connectivity index (χ3v) is 3.82. The van der Waals surface area contributed by atoms with Crippen molar-refractivity contribution in [2.24, 2.45) is 22.9 Å². The number of rotatable bonds is 4. The minimum atomic E-state index is -3.30. The predicted octanol–water partition coefficient (Wildman–Crippen LogP) is -5.56. The number of nitrogens with one attached hydrogen (secondary N) is 2. The van der Waals surface area contributed by atoms with Crippen LogP contribution in [0, 0.1) is 0 Å². The van der Waals surface area contributed by atoms with Gasteiger partial charge in [0.1, 0.15) is 0 Å². The maximum Gasteiger partial charge on any atom is 0.292 e. The molecule has 16 nitrogen and oxygen atoms in total. The molecule has 16 heteroatoms. The first-order valence-electron chi connectivity index (χ1n) is 8.60. The fraction of sp³-hybridized carbons (Fsp3) is 0.714. The number of nitrogens with two attached hydrogens (primary N) is 4. The summed E-state index contributed by atoms with van der Waals surface area (Å²) in [4.78, 5) is 58.5. The second kappa shape index (κ2) is 12.3. The predicted molar refractivity (Wildman–Crippen MR) is 94.0 cm³/mol. The Bertz CT molecular complexity index is 538. The van der Waals surface area contributed by atoms with E-state index in [0.717, 1.165) is 0 Å². The van der Waals surface area contributed by atoms with Crippen LogP contribution in [0.3, 0.4) is 0 Å². The minimum absolute atomic E-state index is 0.0348. The van der Waals surface area contributed by atoms with Gasteiger partial charge in [-0.25, -0.2) is 0 Å². The van der Waals surface area contributed by atoms with Crippen molar-refractivity contribution in [1.82, 2.24) is 11.2 Å². The van der Waals surface area contributed by atoms with Gasteiger partial charge in [0, 0.05) is 0 Å².